The van der Waals surface area contributed by atoms with Crippen LogP contribution in [0.5, 0.6) is 5.75 Å². The van der Waals surface area contributed by atoms with Crippen LogP contribution in [-0.4, -0.2) is 36.7 Å². The van der Waals surface area contributed by atoms with Crippen molar-refractivity contribution >= 4 is 29.4 Å². The number of likely N-dealkylation sites (tertiary alicyclic amines) is 1. The molecule has 27 heavy (non-hydrogen) atoms. The summed E-state index contributed by atoms with van der Waals surface area (Å²) in [7, 11) is 0. The van der Waals surface area contributed by atoms with Gasteiger partial charge in [0.25, 0.3) is 0 Å². The van der Waals surface area contributed by atoms with Gasteiger partial charge in [-0.15, -0.1) is 0 Å². The summed E-state index contributed by atoms with van der Waals surface area (Å²) in [6.07, 6.45) is 1.30. The summed E-state index contributed by atoms with van der Waals surface area (Å²) in [4.78, 5) is 25.9. The number of hydrogen-bond acceptors (Lipinski definition) is 3. The number of anilines is 1. The van der Waals surface area contributed by atoms with Crippen LogP contribution in [0.1, 0.15) is 12.8 Å². The molecule has 142 valence electrons. The number of benzene rings is 2. The lowest BCUT2D eigenvalue weighted by molar-refractivity contribution is 0.130. The first-order valence-electron chi connectivity index (χ1n) is 8.93. The van der Waals surface area contributed by atoms with Gasteiger partial charge in [0.15, 0.2) is 0 Å². The first-order chi connectivity index (χ1) is 13.1. The molecule has 2 N–H and O–H groups in total. The molecule has 0 unspecified atom stereocenters. The highest BCUT2D eigenvalue weighted by molar-refractivity contribution is 6.33. The molecule has 7 heteroatoms. The molecule has 3 amide bonds. The van der Waals surface area contributed by atoms with Gasteiger partial charge in [0.05, 0.1) is 10.7 Å². The second-order valence-electron chi connectivity index (χ2n) is 6.43. The Labute approximate surface area is 163 Å². The van der Waals surface area contributed by atoms with E-state index in [-0.39, 0.29) is 12.1 Å². The maximum Gasteiger partial charge on any atom is 0.415 e. The number of hydrogen-bond donors (Lipinski definition) is 2. The van der Waals surface area contributed by atoms with Crippen molar-refractivity contribution in [3.8, 4) is 5.75 Å². The molecular weight excluding hydrogens is 366 g/mol. The third-order valence-electron chi connectivity index (χ3n) is 4.49. The van der Waals surface area contributed by atoms with Gasteiger partial charge in [0.1, 0.15) is 5.75 Å². The molecule has 0 spiro atoms. The van der Waals surface area contributed by atoms with Crippen molar-refractivity contribution in [2.24, 2.45) is 5.92 Å². The van der Waals surface area contributed by atoms with Crippen molar-refractivity contribution in [3.05, 3.63) is 59.6 Å². The average Bonchev–Trinajstić information content (AvgIpc) is 2.69. The van der Waals surface area contributed by atoms with Gasteiger partial charge >= 0.3 is 12.1 Å². The second-order valence-corrected chi connectivity index (χ2v) is 6.83. The van der Waals surface area contributed by atoms with E-state index in [0.717, 1.165) is 12.8 Å². The van der Waals surface area contributed by atoms with Gasteiger partial charge in [-0.3, -0.25) is 0 Å². The number of ether oxygens (including phenoxy) is 1. The van der Waals surface area contributed by atoms with Crippen molar-refractivity contribution < 1.29 is 14.3 Å². The third kappa shape index (κ3) is 5.62. The van der Waals surface area contributed by atoms with E-state index in [4.69, 9.17) is 16.3 Å². The lowest BCUT2D eigenvalue weighted by Gasteiger charge is -2.31. The van der Waals surface area contributed by atoms with E-state index in [9.17, 15) is 9.59 Å². The van der Waals surface area contributed by atoms with Crippen LogP contribution < -0.4 is 15.4 Å². The number of carbonyl (C=O) groups is 2. The monoisotopic (exact) mass is 387 g/mol. The number of urea groups is 1. The molecule has 0 atom stereocenters. The lowest BCUT2D eigenvalue weighted by Crippen LogP contribution is -2.43. The Hall–Kier alpha value is -2.73. The summed E-state index contributed by atoms with van der Waals surface area (Å²) in [5.74, 6) is 0.866. The van der Waals surface area contributed by atoms with E-state index in [2.05, 4.69) is 10.6 Å². The minimum Gasteiger partial charge on any atom is -0.410 e. The number of amides is 3. The van der Waals surface area contributed by atoms with Crippen LogP contribution in [0.25, 0.3) is 0 Å². The first-order valence-corrected chi connectivity index (χ1v) is 9.31. The Balaban J connectivity index is 1.38. The fraction of sp³-hybridized carbons (Fsp3) is 0.300. The van der Waals surface area contributed by atoms with Gasteiger partial charge in [0, 0.05) is 19.6 Å². The number of carbonyl (C=O) groups excluding carboxylic acids is 2. The van der Waals surface area contributed by atoms with Crippen LogP contribution in [0.3, 0.4) is 0 Å². The van der Waals surface area contributed by atoms with E-state index >= 15 is 0 Å². The summed E-state index contributed by atoms with van der Waals surface area (Å²) in [5, 5.41) is 6.10. The summed E-state index contributed by atoms with van der Waals surface area (Å²) in [5.41, 5.74) is 0.579. The normalized spacial score (nSPS) is 14.5. The van der Waals surface area contributed by atoms with Crippen LogP contribution in [0.2, 0.25) is 5.02 Å². The van der Waals surface area contributed by atoms with Crippen molar-refractivity contribution in [1.82, 2.24) is 10.2 Å². The smallest absolute Gasteiger partial charge is 0.410 e. The number of nitrogens with one attached hydrogen (secondary N) is 2. The van der Waals surface area contributed by atoms with Crippen molar-refractivity contribution in [1.29, 1.82) is 0 Å². The average molecular weight is 388 g/mol. The fourth-order valence-corrected chi connectivity index (χ4v) is 3.12. The first kappa shape index (κ1) is 19.0. The van der Waals surface area contributed by atoms with E-state index in [1.807, 2.05) is 30.3 Å². The molecule has 1 aliphatic rings. The number of piperidine rings is 1. The molecule has 1 fully saturated rings. The van der Waals surface area contributed by atoms with E-state index in [1.54, 1.807) is 29.2 Å². The van der Waals surface area contributed by atoms with Gasteiger partial charge in [-0.2, -0.15) is 0 Å². The molecule has 6 nitrogen and oxygen atoms in total. The molecule has 1 aliphatic heterocycles. The fourth-order valence-electron chi connectivity index (χ4n) is 2.94. The molecule has 0 aliphatic carbocycles. The maximum absolute atomic E-state index is 12.2. The Kier molecular flexibility index (Phi) is 6.54. The topological polar surface area (TPSA) is 70.7 Å². The zero-order valence-corrected chi connectivity index (χ0v) is 15.6. The minimum atomic E-state index is -0.330. The van der Waals surface area contributed by atoms with E-state index < -0.39 is 0 Å². The maximum atomic E-state index is 12.2. The summed E-state index contributed by atoms with van der Waals surface area (Å²) < 4.78 is 5.36. The zero-order chi connectivity index (χ0) is 19.1. The predicted molar refractivity (Wildman–Crippen MR) is 105 cm³/mol. The van der Waals surface area contributed by atoms with Gasteiger partial charge in [-0.1, -0.05) is 41.9 Å². The number of para-hydroxylation sites is 2. The lowest BCUT2D eigenvalue weighted by atomic mass is 9.97. The largest absolute Gasteiger partial charge is 0.415 e. The van der Waals surface area contributed by atoms with Crippen LogP contribution in [-0.2, 0) is 0 Å². The van der Waals surface area contributed by atoms with Crippen LogP contribution in [0, 0.1) is 5.92 Å². The predicted octanol–water partition coefficient (Wildman–Crippen LogP) is 4.37. The van der Waals surface area contributed by atoms with Gasteiger partial charge in [-0.05, 0) is 43.0 Å². The number of nitrogens with zero attached hydrogens (tertiary/aromatic N) is 1. The highest BCUT2D eigenvalue weighted by Crippen LogP contribution is 2.21. The molecule has 0 aromatic heterocycles. The van der Waals surface area contributed by atoms with Crippen molar-refractivity contribution in [3.63, 3.8) is 0 Å². The second kappa shape index (κ2) is 9.28. The molecule has 0 saturated carbocycles. The highest BCUT2D eigenvalue weighted by Gasteiger charge is 2.24. The number of rotatable bonds is 4. The minimum absolute atomic E-state index is 0.283. The summed E-state index contributed by atoms with van der Waals surface area (Å²) >= 11 is 6.03. The Morgan fingerprint density at radius 3 is 2.41 bits per heavy atom. The van der Waals surface area contributed by atoms with Crippen molar-refractivity contribution in [2.45, 2.75) is 12.8 Å². The molecular formula is C20H22ClN3O3. The van der Waals surface area contributed by atoms with Gasteiger partial charge in [0.2, 0.25) is 0 Å². The van der Waals surface area contributed by atoms with Gasteiger partial charge < -0.3 is 20.3 Å². The Morgan fingerprint density at radius 2 is 1.70 bits per heavy atom. The molecule has 2 aromatic carbocycles. The highest BCUT2D eigenvalue weighted by atomic mass is 35.5. The molecule has 0 radical (unpaired) electrons. The molecule has 1 saturated heterocycles. The van der Waals surface area contributed by atoms with Crippen LogP contribution in [0.15, 0.2) is 54.6 Å². The Morgan fingerprint density at radius 1 is 1.04 bits per heavy atom. The summed E-state index contributed by atoms with van der Waals surface area (Å²) in [6.45, 7) is 1.78. The van der Waals surface area contributed by atoms with Crippen LogP contribution in [0.4, 0.5) is 15.3 Å². The quantitative estimate of drug-likeness (QED) is 0.818. The van der Waals surface area contributed by atoms with E-state index in [1.165, 1.54) is 0 Å². The van der Waals surface area contributed by atoms with Gasteiger partial charge in [-0.25, -0.2) is 9.59 Å². The Bertz CT molecular complexity index is 777. The molecule has 1 heterocycles. The standard InChI is InChI=1S/C20H22ClN3O3/c21-17-8-4-5-9-18(17)23-19(25)22-14-15-10-12-24(13-11-15)20(26)27-16-6-2-1-3-7-16/h1-9,15H,10-14H2,(H2,22,23,25). The number of halogens is 1. The molecule has 0 bridgehead atoms. The SMILES string of the molecule is O=C(NCC1CCN(C(=O)Oc2ccccc2)CC1)Nc1ccccc1Cl. The van der Waals surface area contributed by atoms with Crippen LogP contribution >= 0.6 is 11.6 Å². The molecule has 3 rings (SSSR count). The zero-order valence-electron chi connectivity index (χ0n) is 14.9. The molecule has 2 aromatic rings. The van der Waals surface area contributed by atoms with Crippen molar-refractivity contribution in [2.75, 3.05) is 25.0 Å². The third-order valence-corrected chi connectivity index (χ3v) is 4.82. The summed E-state index contributed by atoms with van der Waals surface area (Å²) in [6, 6.07) is 15.8. The van der Waals surface area contributed by atoms with E-state index in [0.29, 0.717) is 42.0 Å².